The van der Waals surface area contributed by atoms with E-state index in [1.165, 1.54) is 0 Å². The average Bonchev–Trinajstić information content (AvgIpc) is 3.31. The summed E-state index contributed by atoms with van der Waals surface area (Å²) in [7, 11) is -3.23. The van der Waals surface area contributed by atoms with E-state index in [1.807, 2.05) is 4.90 Å². The van der Waals surface area contributed by atoms with E-state index in [1.54, 1.807) is 41.8 Å². The van der Waals surface area contributed by atoms with Crippen LogP contribution in [-0.4, -0.2) is 65.0 Å². The molecule has 2 aliphatic rings. The summed E-state index contributed by atoms with van der Waals surface area (Å²) in [5, 5.41) is 2.50. The van der Waals surface area contributed by atoms with Crippen LogP contribution in [0.2, 0.25) is 0 Å². The SMILES string of the molecule is Cc1ncc(N2CCN(S(=O)(=O)C3CCCC3)CC2)nc1C(=O)Nc1ccccn1. The summed E-state index contributed by atoms with van der Waals surface area (Å²) in [5.74, 6) is 0.646. The van der Waals surface area contributed by atoms with Crippen molar-refractivity contribution in [1.29, 1.82) is 0 Å². The molecule has 0 atom stereocenters. The van der Waals surface area contributed by atoms with Crippen LogP contribution in [0.3, 0.4) is 0 Å². The normalized spacial score (nSPS) is 18.5. The molecule has 0 aromatic carbocycles. The molecular weight excluding hydrogens is 404 g/mol. The maximum absolute atomic E-state index is 12.8. The quantitative estimate of drug-likeness (QED) is 0.771. The second kappa shape index (κ2) is 8.65. The molecule has 160 valence electrons. The van der Waals surface area contributed by atoms with Gasteiger partial charge < -0.3 is 10.2 Å². The van der Waals surface area contributed by atoms with E-state index in [2.05, 4.69) is 20.3 Å². The maximum Gasteiger partial charge on any atom is 0.277 e. The second-order valence-electron chi connectivity index (χ2n) is 7.67. The van der Waals surface area contributed by atoms with Gasteiger partial charge in [0.2, 0.25) is 10.0 Å². The van der Waals surface area contributed by atoms with E-state index in [-0.39, 0.29) is 16.9 Å². The first kappa shape index (κ1) is 20.7. The number of amides is 1. The molecule has 1 amide bonds. The predicted molar refractivity (Wildman–Crippen MR) is 114 cm³/mol. The minimum Gasteiger partial charge on any atom is -0.353 e. The van der Waals surface area contributed by atoms with Crippen LogP contribution in [0, 0.1) is 6.92 Å². The maximum atomic E-state index is 12.8. The molecule has 2 aromatic rings. The van der Waals surface area contributed by atoms with Crippen molar-refractivity contribution in [3.05, 3.63) is 42.0 Å². The highest BCUT2D eigenvalue weighted by molar-refractivity contribution is 7.89. The van der Waals surface area contributed by atoms with Gasteiger partial charge >= 0.3 is 0 Å². The van der Waals surface area contributed by atoms with Crippen molar-refractivity contribution in [2.24, 2.45) is 0 Å². The van der Waals surface area contributed by atoms with Crippen LogP contribution in [0.4, 0.5) is 11.6 Å². The number of pyridine rings is 1. The molecule has 0 bridgehead atoms. The zero-order valence-electron chi connectivity index (χ0n) is 17.0. The van der Waals surface area contributed by atoms with Crippen molar-refractivity contribution in [1.82, 2.24) is 19.3 Å². The van der Waals surface area contributed by atoms with E-state index >= 15 is 0 Å². The second-order valence-corrected chi connectivity index (χ2v) is 9.88. The van der Waals surface area contributed by atoms with Crippen molar-refractivity contribution < 1.29 is 13.2 Å². The van der Waals surface area contributed by atoms with Crippen molar-refractivity contribution in [3.63, 3.8) is 0 Å². The van der Waals surface area contributed by atoms with Gasteiger partial charge in [0.1, 0.15) is 11.6 Å². The molecule has 1 N–H and O–H groups in total. The smallest absolute Gasteiger partial charge is 0.277 e. The van der Waals surface area contributed by atoms with Gasteiger partial charge in [0.05, 0.1) is 17.1 Å². The Morgan fingerprint density at radius 3 is 2.50 bits per heavy atom. The summed E-state index contributed by atoms with van der Waals surface area (Å²) in [6, 6.07) is 5.26. The first-order valence-corrected chi connectivity index (χ1v) is 11.8. The molecule has 1 saturated heterocycles. The standard InChI is InChI=1S/C20H26N6O3S/c1-15-19(20(27)23-17-8-4-5-9-21-17)24-18(14-22-15)25-10-12-26(13-11-25)30(28,29)16-6-2-3-7-16/h4-5,8-9,14,16H,2-3,6-7,10-13H2,1H3,(H,21,23,27). The highest BCUT2D eigenvalue weighted by atomic mass is 32.2. The third-order valence-electron chi connectivity index (χ3n) is 5.71. The van der Waals surface area contributed by atoms with Gasteiger partial charge in [-0.1, -0.05) is 18.9 Å². The van der Waals surface area contributed by atoms with Gasteiger partial charge in [0.15, 0.2) is 5.69 Å². The number of sulfonamides is 1. The molecule has 1 saturated carbocycles. The van der Waals surface area contributed by atoms with E-state index in [9.17, 15) is 13.2 Å². The molecule has 30 heavy (non-hydrogen) atoms. The van der Waals surface area contributed by atoms with Gasteiger partial charge in [-0.15, -0.1) is 0 Å². The number of nitrogens with one attached hydrogen (secondary N) is 1. The van der Waals surface area contributed by atoms with E-state index < -0.39 is 10.0 Å². The van der Waals surface area contributed by atoms with Crippen molar-refractivity contribution in [3.8, 4) is 0 Å². The van der Waals surface area contributed by atoms with Crippen LogP contribution >= 0.6 is 0 Å². The minimum absolute atomic E-state index is 0.231. The summed E-state index contributed by atoms with van der Waals surface area (Å²) in [5.41, 5.74) is 0.758. The van der Waals surface area contributed by atoms with E-state index in [0.717, 1.165) is 25.7 Å². The Kier molecular flexibility index (Phi) is 5.96. The Labute approximate surface area is 176 Å². The van der Waals surface area contributed by atoms with Crippen molar-refractivity contribution in [2.45, 2.75) is 37.9 Å². The van der Waals surface area contributed by atoms with Crippen LogP contribution < -0.4 is 10.2 Å². The molecule has 2 fully saturated rings. The predicted octanol–water partition coefficient (Wildman–Crippen LogP) is 1.83. The van der Waals surface area contributed by atoms with Crippen LogP contribution in [0.5, 0.6) is 0 Å². The van der Waals surface area contributed by atoms with Gasteiger partial charge in [-0.25, -0.2) is 18.4 Å². The molecule has 3 heterocycles. The van der Waals surface area contributed by atoms with E-state index in [0.29, 0.717) is 43.5 Å². The average molecular weight is 431 g/mol. The van der Waals surface area contributed by atoms with Crippen molar-refractivity contribution in [2.75, 3.05) is 36.4 Å². The Morgan fingerprint density at radius 1 is 1.10 bits per heavy atom. The lowest BCUT2D eigenvalue weighted by atomic mass is 10.3. The fraction of sp³-hybridized carbons (Fsp3) is 0.500. The fourth-order valence-electron chi connectivity index (χ4n) is 3.99. The monoisotopic (exact) mass is 430 g/mol. The number of rotatable bonds is 5. The molecule has 9 nitrogen and oxygen atoms in total. The number of aromatic nitrogens is 3. The Bertz CT molecular complexity index is 1000. The summed E-state index contributed by atoms with van der Waals surface area (Å²) < 4.78 is 27.2. The third-order valence-corrected chi connectivity index (χ3v) is 8.11. The van der Waals surface area contributed by atoms with Gasteiger partial charge in [0, 0.05) is 32.4 Å². The van der Waals surface area contributed by atoms with Crippen molar-refractivity contribution >= 4 is 27.6 Å². The highest BCUT2D eigenvalue weighted by Crippen LogP contribution is 2.28. The van der Waals surface area contributed by atoms with Gasteiger partial charge in [-0.05, 0) is 31.9 Å². The van der Waals surface area contributed by atoms with Crippen LogP contribution in [-0.2, 0) is 10.0 Å². The van der Waals surface area contributed by atoms with E-state index in [4.69, 9.17) is 0 Å². The fourth-order valence-corrected chi connectivity index (χ4v) is 6.01. The topological polar surface area (TPSA) is 108 Å². The first-order valence-electron chi connectivity index (χ1n) is 10.2. The number of anilines is 2. The third kappa shape index (κ3) is 4.29. The molecule has 1 aliphatic heterocycles. The zero-order chi connectivity index (χ0) is 21.1. The van der Waals surface area contributed by atoms with Crippen LogP contribution in [0.1, 0.15) is 41.9 Å². The zero-order valence-corrected chi connectivity index (χ0v) is 17.8. The minimum atomic E-state index is -3.23. The summed E-state index contributed by atoms with van der Waals surface area (Å²) >= 11 is 0. The summed E-state index contributed by atoms with van der Waals surface area (Å²) in [6.45, 7) is 3.61. The largest absolute Gasteiger partial charge is 0.353 e. The molecule has 2 aromatic heterocycles. The molecule has 4 rings (SSSR count). The Balaban J connectivity index is 1.44. The molecular formula is C20H26N6O3S. The number of aryl methyl sites for hydroxylation is 1. The summed E-state index contributed by atoms with van der Waals surface area (Å²) in [4.78, 5) is 27.6. The van der Waals surface area contributed by atoms with Crippen LogP contribution in [0.25, 0.3) is 0 Å². The lowest BCUT2D eigenvalue weighted by molar-refractivity contribution is 0.102. The van der Waals surface area contributed by atoms with Gasteiger partial charge in [0.25, 0.3) is 5.91 Å². The molecule has 0 unspecified atom stereocenters. The molecule has 10 heteroatoms. The molecule has 0 spiro atoms. The van der Waals surface area contributed by atoms with Gasteiger partial charge in [-0.2, -0.15) is 4.31 Å². The number of hydrogen-bond acceptors (Lipinski definition) is 7. The lowest BCUT2D eigenvalue weighted by Crippen LogP contribution is -2.51. The molecule has 1 aliphatic carbocycles. The number of hydrogen-bond donors (Lipinski definition) is 1. The Morgan fingerprint density at radius 2 is 1.83 bits per heavy atom. The first-order chi connectivity index (χ1) is 14.4. The Hall–Kier alpha value is -2.59. The number of carbonyl (C=O) groups excluding carboxylic acids is 1. The van der Waals surface area contributed by atoms with Gasteiger partial charge in [-0.3, -0.25) is 9.78 Å². The number of piperazine rings is 1. The van der Waals surface area contributed by atoms with Crippen LogP contribution in [0.15, 0.2) is 30.6 Å². The molecule has 0 radical (unpaired) electrons. The lowest BCUT2D eigenvalue weighted by Gasteiger charge is -2.35. The summed E-state index contributed by atoms with van der Waals surface area (Å²) in [6.07, 6.45) is 6.75. The number of carbonyl (C=O) groups is 1. The highest BCUT2D eigenvalue weighted by Gasteiger charge is 2.36. The number of nitrogens with zero attached hydrogens (tertiary/aromatic N) is 5.